The Hall–Kier alpha value is -1.83. The van der Waals surface area contributed by atoms with E-state index < -0.39 is 0 Å². The molecule has 19 heavy (non-hydrogen) atoms. The second kappa shape index (κ2) is 6.93. The Morgan fingerprint density at radius 3 is 2.68 bits per heavy atom. The third kappa shape index (κ3) is 4.09. The van der Waals surface area contributed by atoms with Crippen molar-refractivity contribution in [2.45, 2.75) is 39.0 Å². The molecule has 1 aromatic rings. The summed E-state index contributed by atoms with van der Waals surface area (Å²) in [4.78, 5) is 11.2. The fraction of sp³-hybridized carbons (Fsp3) is 0.643. The topological polar surface area (TPSA) is 64.8 Å². The van der Waals surface area contributed by atoms with Gasteiger partial charge in [-0.05, 0) is 19.8 Å². The van der Waals surface area contributed by atoms with Gasteiger partial charge in [0.25, 0.3) is 0 Å². The van der Waals surface area contributed by atoms with Crippen LogP contribution in [0.4, 0.5) is 11.6 Å². The maximum Gasteiger partial charge on any atom is 0.134 e. The zero-order valence-electron chi connectivity index (χ0n) is 11.5. The van der Waals surface area contributed by atoms with E-state index in [2.05, 4.69) is 26.3 Å². The van der Waals surface area contributed by atoms with Crippen LogP contribution in [0.1, 0.15) is 37.9 Å². The molecule has 1 N–H and O–H groups in total. The third-order valence-electron chi connectivity index (χ3n) is 3.30. The van der Waals surface area contributed by atoms with Crippen molar-refractivity contribution in [1.29, 1.82) is 5.26 Å². The van der Waals surface area contributed by atoms with Crippen LogP contribution in [0.2, 0.25) is 0 Å². The van der Waals surface area contributed by atoms with Crippen LogP contribution < -0.4 is 10.2 Å². The molecule has 0 spiro atoms. The van der Waals surface area contributed by atoms with Gasteiger partial charge in [0.05, 0.1) is 12.5 Å². The number of anilines is 2. The van der Waals surface area contributed by atoms with E-state index in [1.807, 2.05) is 13.0 Å². The van der Waals surface area contributed by atoms with Crippen molar-refractivity contribution in [3.8, 4) is 6.07 Å². The SMILES string of the molecule is Cc1nc(NCCC#N)cc(N2CCCCCC2)n1. The molecule has 5 heteroatoms. The minimum Gasteiger partial charge on any atom is -0.369 e. The van der Waals surface area contributed by atoms with Crippen LogP contribution in [-0.2, 0) is 0 Å². The summed E-state index contributed by atoms with van der Waals surface area (Å²) in [6.45, 7) is 4.70. The minimum atomic E-state index is 0.488. The van der Waals surface area contributed by atoms with Gasteiger partial charge in [-0.1, -0.05) is 12.8 Å². The first-order chi connectivity index (χ1) is 9.29. The van der Waals surface area contributed by atoms with Crippen LogP contribution in [0.5, 0.6) is 0 Å². The van der Waals surface area contributed by atoms with Gasteiger partial charge in [0.1, 0.15) is 17.5 Å². The summed E-state index contributed by atoms with van der Waals surface area (Å²) in [6, 6.07) is 4.12. The molecule has 1 fully saturated rings. The Labute approximate surface area is 114 Å². The molecule has 5 nitrogen and oxygen atoms in total. The second-order valence-electron chi connectivity index (χ2n) is 4.89. The summed E-state index contributed by atoms with van der Waals surface area (Å²) in [7, 11) is 0. The van der Waals surface area contributed by atoms with Crippen LogP contribution in [-0.4, -0.2) is 29.6 Å². The van der Waals surface area contributed by atoms with Gasteiger partial charge in [-0.3, -0.25) is 0 Å². The molecule has 2 heterocycles. The molecule has 1 saturated heterocycles. The molecule has 0 bridgehead atoms. The molecule has 0 aliphatic carbocycles. The highest BCUT2D eigenvalue weighted by molar-refractivity contribution is 5.49. The smallest absolute Gasteiger partial charge is 0.134 e. The van der Waals surface area contributed by atoms with Gasteiger partial charge in [-0.25, -0.2) is 9.97 Å². The lowest BCUT2D eigenvalue weighted by Crippen LogP contribution is -2.25. The van der Waals surface area contributed by atoms with Gasteiger partial charge in [-0.15, -0.1) is 0 Å². The van der Waals surface area contributed by atoms with Gasteiger partial charge in [0.2, 0.25) is 0 Å². The van der Waals surface area contributed by atoms with Crippen molar-refractivity contribution in [2.75, 3.05) is 29.9 Å². The van der Waals surface area contributed by atoms with E-state index in [0.717, 1.165) is 30.5 Å². The molecule has 1 aromatic heterocycles. The van der Waals surface area contributed by atoms with Crippen molar-refractivity contribution in [1.82, 2.24) is 9.97 Å². The highest BCUT2D eigenvalue weighted by Gasteiger charge is 2.12. The Morgan fingerprint density at radius 1 is 1.26 bits per heavy atom. The highest BCUT2D eigenvalue weighted by Crippen LogP contribution is 2.20. The van der Waals surface area contributed by atoms with Crippen molar-refractivity contribution in [3.63, 3.8) is 0 Å². The molecule has 0 amide bonds. The number of aryl methyl sites for hydroxylation is 1. The van der Waals surface area contributed by atoms with Crippen molar-refractivity contribution < 1.29 is 0 Å². The summed E-state index contributed by atoms with van der Waals surface area (Å²) in [5.74, 6) is 2.61. The molecular formula is C14H21N5. The summed E-state index contributed by atoms with van der Waals surface area (Å²) in [5, 5.41) is 11.7. The standard InChI is InChI=1S/C14H21N5/c1-12-17-13(16-8-6-7-15)11-14(18-12)19-9-4-2-3-5-10-19/h11H,2-6,8-10H2,1H3,(H,16,17,18). The van der Waals surface area contributed by atoms with E-state index in [1.165, 1.54) is 25.7 Å². The number of hydrogen-bond acceptors (Lipinski definition) is 5. The van der Waals surface area contributed by atoms with Gasteiger partial charge in [-0.2, -0.15) is 5.26 Å². The van der Waals surface area contributed by atoms with E-state index in [-0.39, 0.29) is 0 Å². The first-order valence-electron chi connectivity index (χ1n) is 7.01. The number of hydrogen-bond donors (Lipinski definition) is 1. The van der Waals surface area contributed by atoms with E-state index >= 15 is 0 Å². The number of nitriles is 1. The summed E-state index contributed by atoms with van der Waals surface area (Å²) in [5.41, 5.74) is 0. The van der Waals surface area contributed by atoms with Gasteiger partial charge >= 0.3 is 0 Å². The van der Waals surface area contributed by atoms with Gasteiger partial charge in [0.15, 0.2) is 0 Å². The molecule has 0 radical (unpaired) electrons. The molecule has 102 valence electrons. The van der Waals surface area contributed by atoms with Crippen molar-refractivity contribution in [2.24, 2.45) is 0 Å². The van der Waals surface area contributed by atoms with Crippen LogP contribution in [0.15, 0.2) is 6.07 Å². The fourth-order valence-corrected chi connectivity index (χ4v) is 2.35. The zero-order chi connectivity index (χ0) is 13.5. The molecular weight excluding hydrogens is 238 g/mol. The average molecular weight is 259 g/mol. The average Bonchev–Trinajstić information content (AvgIpc) is 2.67. The Kier molecular flexibility index (Phi) is 4.96. The summed E-state index contributed by atoms with van der Waals surface area (Å²) in [6.07, 6.45) is 5.59. The lowest BCUT2D eigenvalue weighted by Gasteiger charge is -2.22. The number of rotatable bonds is 4. The Bertz CT molecular complexity index is 444. The van der Waals surface area contributed by atoms with Crippen molar-refractivity contribution >= 4 is 11.6 Å². The Balaban J connectivity index is 2.08. The first kappa shape index (κ1) is 13.6. The molecule has 1 aliphatic rings. The minimum absolute atomic E-state index is 0.488. The molecule has 0 aromatic carbocycles. The van der Waals surface area contributed by atoms with Crippen LogP contribution in [0.25, 0.3) is 0 Å². The maximum absolute atomic E-state index is 8.56. The quantitative estimate of drug-likeness (QED) is 0.842. The van der Waals surface area contributed by atoms with E-state index in [9.17, 15) is 0 Å². The van der Waals surface area contributed by atoms with E-state index in [0.29, 0.717) is 13.0 Å². The lowest BCUT2D eigenvalue weighted by molar-refractivity contribution is 0.726. The van der Waals surface area contributed by atoms with Gasteiger partial charge in [0, 0.05) is 25.7 Å². The van der Waals surface area contributed by atoms with E-state index in [1.54, 1.807) is 0 Å². The summed E-state index contributed by atoms with van der Waals surface area (Å²) < 4.78 is 0. The number of nitrogens with one attached hydrogen (secondary N) is 1. The molecule has 0 atom stereocenters. The number of nitrogens with zero attached hydrogens (tertiary/aromatic N) is 4. The normalized spacial score (nSPS) is 15.7. The molecule has 0 unspecified atom stereocenters. The predicted octanol–water partition coefficient (Wildman–Crippen LogP) is 2.49. The van der Waals surface area contributed by atoms with Crippen LogP contribution in [0.3, 0.4) is 0 Å². The van der Waals surface area contributed by atoms with Crippen LogP contribution >= 0.6 is 0 Å². The molecule has 2 rings (SSSR count). The molecule has 1 aliphatic heterocycles. The first-order valence-corrected chi connectivity index (χ1v) is 7.01. The third-order valence-corrected chi connectivity index (χ3v) is 3.30. The monoisotopic (exact) mass is 259 g/mol. The Morgan fingerprint density at radius 2 is 2.00 bits per heavy atom. The lowest BCUT2D eigenvalue weighted by atomic mass is 10.2. The van der Waals surface area contributed by atoms with Gasteiger partial charge < -0.3 is 10.2 Å². The number of aromatic nitrogens is 2. The maximum atomic E-state index is 8.56. The largest absolute Gasteiger partial charge is 0.369 e. The second-order valence-corrected chi connectivity index (χ2v) is 4.89. The fourth-order valence-electron chi connectivity index (χ4n) is 2.35. The zero-order valence-corrected chi connectivity index (χ0v) is 11.5. The van der Waals surface area contributed by atoms with E-state index in [4.69, 9.17) is 5.26 Å². The summed E-state index contributed by atoms with van der Waals surface area (Å²) >= 11 is 0. The molecule has 0 saturated carbocycles. The van der Waals surface area contributed by atoms with Crippen LogP contribution in [0, 0.1) is 18.3 Å². The predicted molar refractivity (Wildman–Crippen MR) is 76.2 cm³/mol. The highest BCUT2D eigenvalue weighted by atomic mass is 15.2. The van der Waals surface area contributed by atoms with Crippen molar-refractivity contribution in [3.05, 3.63) is 11.9 Å².